The number of rotatable bonds is 9. The van der Waals surface area contributed by atoms with E-state index in [9.17, 15) is 36.3 Å². The third-order valence-corrected chi connectivity index (χ3v) is 8.45. The molecule has 2 N–H and O–H groups in total. The molecule has 1 aromatic heterocycles. The number of halogens is 3. The fourth-order valence-corrected chi connectivity index (χ4v) is 5.33. The molecule has 40 heavy (non-hydrogen) atoms. The van der Waals surface area contributed by atoms with Gasteiger partial charge < -0.3 is 15.0 Å². The Morgan fingerprint density at radius 3 is 2.10 bits per heavy atom. The number of sulfone groups is 1. The molecule has 4 aromatic rings. The van der Waals surface area contributed by atoms with Gasteiger partial charge >= 0.3 is 6.18 Å². The summed E-state index contributed by atoms with van der Waals surface area (Å²) in [4.78, 5) is 26.4. The molecule has 11 heteroatoms. The van der Waals surface area contributed by atoms with E-state index in [2.05, 4.69) is 5.32 Å². The van der Waals surface area contributed by atoms with Crippen LogP contribution < -0.4 is 5.32 Å². The number of fused-ring (bicyclic) bond motifs is 1. The van der Waals surface area contributed by atoms with Crippen LogP contribution in [0.3, 0.4) is 0 Å². The molecule has 210 valence electrons. The summed E-state index contributed by atoms with van der Waals surface area (Å²) >= 11 is 0. The van der Waals surface area contributed by atoms with E-state index >= 15 is 0 Å². The van der Waals surface area contributed by atoms with Gasteiger partial charge in [-0.25, -0.2) is 8.42 Å². The van der Waals surface area contributed by atoms with Crippen molar-refractivity contribution in [1.29, 1.82) is 0 Å². The highest BCUT2D eigenvalue weighted by Gasteiger charge is 2.30. The first kappa shape index (κ1) is 29.0. The summed E-state index contributed by atoms with van der Waals surface area (Å²) in [5.74, 6) is -0.996. The predicted molar refractivity (Wildman–Crippen MR) is 144 cm³/mol. The number of carbonyl (C=O) groups is 2. The Bertz CT molecular complexity index is 1660. The molecule has 7 nitrogen and oxygen atoms in total. The second-order valence-electron chi connectivity index (χ2n) is 9.13. The van der Waals surface area contributed by atoms with Crippen LogP contribution in [0.4, 0.5) is 13.2 Å². The number of aliphatic hydroxyl groups excluding tert-OH is 1. The van der Waals surface area contributed by atoms with Gasteiger partial charge in [-0.2, -0.15) is 13.2 Å². The summed E-state index contributed by atoms with van der Waals surface area (Å²) in [6.45, 7) is 3.35. The monoisotopic (exact) mass is 572 g/mol. The van der Waals surface area contributed by atoms with E-state index in [4.69, 9.17) is 0 Å². The average Bonchev–Trinajstić information content (AvgIpc) is 3.33. The number of hydrogen-bond donors (Lipinski definition) is 2. The van der Waals surface area contributed by atoms with Crippen molar-refractivity contribution in [2.75, 3.05) is 12.4 Å². The van der Waals surface area contributed by atoms with Crippen LogP contribution in [0.2, 0.25) is 0 Å². The highest BCUT2D eigenvalue weighted by Crippen LogP contribution is 2.30. The van der Waals surface area contributed by atoms with Crippen molar-refractivity contribution in [2.45, 2.75) is 37.5 Å². The van der Waals surface area contributed by atoms with Gasteiger partial charge in [0, 0.05) is 28.6 Å². The van der Waals surface area contributed by atoms with Crippen LogP contribution in [0, 0.1) is 0 Å². The molecule has 0 unspecified atom stereocenters. The number of hydrogen-bond acceptors (Lipinski definition) is 5. The number of aliphatic hydroxyl groups is 1. The number of benzene rings is 3. The summed E-state index contributed by atoms with van der Waals surface area (Å²) in [6.07, 6.45) is -4.51. The Labute approximate surface area is 229 Å². The molecule has 0 bridgehead atoms. The molecule has 0 fully saturated rings. The first-order valence-electron chi connectivity index (χ1n) is 12.5. The number of amides is 1. The molecule has 0 aliphatic heterocycles. The average molecular weight is 573 g/mol. The minimum Gasteiger partial charge on any atom is -0.394 e. The molecule has 0 spiro atoms. The Kier molecular flexibility index (Phi) is 8.18. The first-order valence-corrected chi connectivity index (χ1v) is 14.1. The van der Waals surface area contributed by atoms with E-state index in [1.165, 1.54) is 24.3 Å². The fraction of sp³-hybridized carbons (Fsp3) is 0.241. The van der Waals surface area contributed by atoms with Crippen molar-refractivity contribution in [1.82, 2.24) is 9.88 Å². The molecule has 3 aromatic carbocycles. The lowest BCUT2D eigenvalue weighted by molar-refractivity contribution is -0.137. The number of aromatic nitrogens is 1. The number of aryl methyl sites for hydroxylation is 1. The second kappa shape index (κ2) is 11.3. The van der Waals surface area contributed by atoms with Gasteiger partial charge in [-0.1, -0.05) is 31.2 Å². The standard InChI is InChI=1S/C29H27F3N2O5S/c1-3-34-25-14-9-20(28(37)33-24(17-35)18-7-12-23(13-8-18)40(38,39)4-2)15-21(25)16-26(34)27(36)19-5-10-22(11-6-19)29(30,31)32/h5-16,24,35H,3-4,17H2,1-2H3,(H,33,37)/t24-/m0/s1. The Hall–Kier alpha value is -3.96. The Balaban J connectivity index is 1.59. The molecule has 4 rings (SSSR count). The molecule has 1 atom stereocenters. The summed E-state index contributed by atoms with van der Waals surface area (Å²) in [5, 5.41) is 13.2. The van der Waals surface area contributed by atoms with E-state index in [0.29, 0.717) is 23.0 Å². The Morgan fingerprint density at radius 1 is 0.925 bits per heavy atom. The summed E-state index contributed by atoms with van der Waals surface area (Å²) < 4.78 is 64.6. The van der Waals surface area contributed by atoms with E-state index in [-0.39, 0.29) is 27.5 Å². The molecule has 1 heterocycles. The van der Waals surface area contributed by atoms with E-state index < -0.39 is 45.9 Å². The lowest BCUT2D eigenvalue weighted by atomic mass is 10.1. The quantitative estimate of drug-likeness (QED) is 0.269. The molecule has 0 radical (unpaired) electrons. The zero-order valence-corrected chi connectivity index (χ0v) is 22.5. The maximum atomic E-state index is 13.2. The van der Waals surface area contributed by atoms with Crippen LogP contribution in [0.1, 0.15) is 57.4 Å². The smallest absolute Gasteiger partial charge is 0.394 e. The lowest BCUT2D eigenvalue weighted by Gasteiger charge is -2.17. The zero-order valence-electron chi connectivity index (χ0n) is 21.7. The van der Waals surface area contributed by atoms with Gasteiger partial charge in [0.05, 0.1) is 34.6 Å². The maximum Gasteiger partial charge on any atom is 0.416 e. The van der Waals surface area contributed by atoms with Gasteiger partial charge in [0.25, 0.3) is 5.91 Å². The zero-order chi connectivity index (χ0) is 29.2. The molecule has 0 saturated carbocycles. The van der Waals surface area contributed by atoms with Gasteiger partial charge in [0.15, 0.2) is 9.84 Å². The normalized spacial score (nSPS) is 12.8. The highest BCUT2D eigenvalue weighted by molar-refractivity contribution is 7.91. The highest BCUT2D eigenvalue weighted by atomic mass is 32.2. The van der Waals surface area contributed by atoms with Crippen LogP contribution in [-0.4, -0.2) is 42.1 Å². The van der Waals surface area contributed by atoms with Crippen molar-refractivity contribution < 1.29 is 36.3 Å². The first-order chi connectivity index (χ1) is 18.9. The predicted octanol–water partition coefficient (Wildman–Crippen LogP) is 5.17. The lowest BCUT2D eigenvalue weighted by Crippen LogP contribution is -2.30. The van der Waals surface area contributed by atoms with Crippen molar-refractivity contribution >= 4 is 32.4 Å². The topological polar surface area (TPSA) is 105 Å². The van der Waals surface area contributed by atoms with Crippen molar-refractivity contribution in [3.05, 3.63) is 101 Å². The van der Waals surface area contributed by atoms with E-state index in [1.54, 1.807) is 35.8 Å². The van der Waals surface area contributed by atoms with Crippen molar-refractivity contribution in [2.24, 2.45) is 0 Å². The SMILES string of the molecule is CCn1c(C(=O)c2ccc(C(F)(F)F)cc2)cc2cc(C(=O)N[C@@H](CO)c3ccc(S(=O)(=O)CC)cc3)ccc21. The van der Waals surface area contributed by atoms with E-state index in [0.717, 1.165) is 24.3 Å². The van der Waals surface area contributed by atoms with E-state index in [1.807, 2.05) is 6.92 Å². The van der Waals surface area contributed by atoms with Crippen LogP contribution in [-0.2, 0) is 22.6 Å². The molecule has 1 amide bonds. The number of alkyl halides is 3. The van der Waals surface area contributed by atoms with Crippen LogP contribution in [0.25, 0.3) is 10.9 Å². The van der Waals surface area contributed by atoms with Gasteiger partial charge in [-0.15, -0.1) is 0 Å². The van der Waals surface area contributed by atoms with Crippen LogP contribution in [0.5, 0.6) is 0 Å². The third kappa shape index (κ3) is 5.80. The maximum absolute atomic E-state index is 13.2. The number of carbonyl (C=O) groups excluding carboxylic acids is 2. The summed E-state index contributed by atoms with van der Waals surface area (Å²) in [5.41, 5.74) is 0.975. The summed E-state index contributed by atoms with van der Waals surface area (Å²) in [6, 6.07) is 15.6. The van der Waals surface area contributed by atoms with Gasteiger partial charge in [0.2, 0.25) is 5.78 Å². The molecule has 0 aliphatic rings. The number of nitrogens with zero attached hydrogens (tertiary/aromatic N) is 1. The summed E-state index contributed by atoms with van der Waals surface area (Å²) in [7, 11) is -3.39. The third-order valence-electron chi connectivity index (χ3n) is 6.70. The minimum absolute atomic E-state index is 0.0492. The molecule has 0 saturated heterocycles. The van der Waals surface area contributed by atoms with Crippen molar-refractivity contribution in [3.63, 3.8) is 0 Å². The van der Waals surface area contributed by atoms with Crippen LogP contribution >= 0.6 is 0 Å². The van der Waals surface area contributed by atoms with Gasteiger partial charge in [-0.05, 0) is 61.0 Å². The van der Waals surface area contributed by atoms with Crippen molar-refractivity contribution in [3.8, 4) is 0 Å². The van der Waals surface area contributed by atoms with Gasteiger partial charge in [-0.3, -0.25) is 9.59 Å². The van der Waals surface area contributed by atoms with Crippen LogP contribution in [0.15, 0.2) is 77.7 Å². The van der Waals surface area contributed by atoms with Gasteiger partial charge in [0.1, 0.15) is 0 Å². The Morgan fingerprint density at radius 2 is 1.55 bits per heavy atom. The molecular weight excluding hydrogens is 545 g/mol. The largest absolute Gasteiger partial charge is 0.416 e. The molecule has 0 aliphatic carbocycles. The molecular formula is C29H27F3N2O5S. The minimum atomic E-state index is -4.51. The fourth-order valence-electron chi connectivity index (χ4n) is 4.45. The number of ketones is 1. The number of nitrogens with one attached hydrogen (secondary N) is 1. The second-order valence-corrected chi connectivity index (χ2v) is 11.4.